The van der Waals surface area contributed by atoms with E-state index in [1.165, 1.54) is 13.2 Å². The first-order valence-corrected chi connectivity index (χ1v) is 9.61. The zero-order valence-corrected chi connectivity index (χ0v) is 17.6. The summed E-state index contributed by atoms with van der Waals surface area (Å²) in [4.78, 5) is 18.1. The molecule has 7 nitrogen and oxygen atoms in total. The molecule has 4 rings (SSSR count). The van der Waals surface area contributed by atoms with E-state index in [1.807, 2.05) is 31.1 Å². The summed E-state index contributed by atoms with van der Waals surface area (Å²) in [5.41, 5.74) is 3.03. The number of aromatic hydroxyl groups is 1. The van der Waals surface area contributed by atoms with E-state index in [9.17, 15) is 9.50 Å². The van der Waals surface area contributed by atoms with Gasteiger partial charge in [-0.1, -0.05) is 6.07 Å². The Morgan fingerprint density at radius 3 is 2.65 bits per heavy atom. The Morgan fingerprint density at radius 2 is 1.97 bits per heavy atom. The highest BCUT2D eigenvalue weighted by Gasteiger charge is 2.18. The number of nitrogens with zero attached hydrogens (tertiary/aromatic N) is 4. The number of hydrogen-bond acceptors (Lipinski definition) is 6. The third-order valence-corrected chi connectivity index (χ3v) is 4.96. The van der Waals surface area contributed by atoms with E-state index in [2.05, 4.69) is 19.9 Å². The number of fused-ring (bicyclic) bond motifs is 1. The van der Waals surface area contributed by atoms with E-state index in [1.54, 1.807) is 37.5 Å². The lowest BCUT2D eigenvalue weighted by molar-refractivity contribution is 0.413. The van der Waals surface area contributed by atoms with Gasteiger partial charge in [0.2, 0.25) is 0 Å². The van der Waals surface area contributed by atoms with Crippen molar-refractivity contribution in [1.82, 2.24) is 15.0 Å². The lowest BCUT2D eigenvalue weighted by Crippen LogP contribution is -2.09. The van der Waals surface area contributed by atoms with Gasteiger partial charge in [0.1, 0.15) is 17.4 Å². The van der Waals surface area contributed by atoms with Crippen molar-refractivity contribution in [2.45, 2.75) is 6.92 Å². The maximum atomic E-state index is 14.6. The average molecular weight is 419 g/mol. The Bertz CT molecular complexity index is 1280. The van der Waals surface area contributed by atoms with Crippen LogP contribution >= 0.6 is 0 Å². The van der Waals surface area contributed by atoms with Crippen LogP contribution in [-0.2, 0) is 0 Å². The number of aliphatic imine (C=N–C) groups is 1. The van der Waals surface area contributed by atoms with E-state index >= 15 is 0 Å². The molecule has 0 bridgehead atoms. The normalized spacial score (nSPS) is 11.7. The molecule has 0 radical (unpaired) electrons. The Balaban J connectivity index is 1.82. The molecule has 0 spiro atoms. The molecule has 31 heavy (non-hydrogen) atoms. The third-order valence-electron chi connectivity index (χ3n) is 4.96. The van der Waals surface area contributed by atoms with Crippen molar-refractivity contribution in [3.63, 3.8) is 0 Å². The van der Waals surface area contributed by atoms with Crippen LogP contribution < -0.4 is 9.64 Å². The van der Waals surface area contributed by atoms with Gasteiger partial charge in [0.05, 0.1) is 53.2 Å². The molecule has 0 atom stereocenters. The molecule has 0 unspecified atom stereocenters. The van der Waals surface area contributed by atoms with Gasteiger partial charge in [-0.15, -0.1) is 0 Å². The van der Waals surface area contributed by atoms with E-state index in [0.29, 0.717) is 39.3 Å². The molecule has 1 aromatic carbocycles. The van der Waals surface area contributed by atoms with Crippen LogP contribution in [0.1, 0.15) is 12.5 Å². The lowest BCUT2D eigenvalue weighted by atomic mass is 10.0. The molecule has 0 aliphatic heterocycles. The molecular weight excluding hydrogens is 397 g/mol. The van der Waals surface area contributed by atoms with Crippen LogP contribution in [0.2, 0.25) is 0 Å². The average Bonchev–Trinajstić information content (AvgIpc) is 3.08. The Labute approximate surface area is 178 Å². The lowest BCUT2D eigenvalue weighted by Gasteiger charge is -2.10. The minimum Gasteiger partial charge on any atom is -0.496 e. The maximum Gasteiger partial charge on any atom is 0.198 e. The van der Waals surface area contributed by atoms with Gasteiger partial charge in [-0.3, -0.25) is 9.98 Å². The van der Waals surface area contributed by atoms with Crippen molar-refractivity contribution in [2.75, 3.05) is 26.1 Å². The number of nitrogens with one attached hydrogen (secondary N) is 1. The number of methoxy groups -OCH3 is 1. The van der Waals surface area contributed by atoms with Gasteiger partial charge >= 0.3 is 0 Å². The van der Waals surface area contributed by atoms with Crippen LogP contribution in [0.4, 0.5) is 15.9 Å². The molecule has 0 fully saturated rings. The molecule has 3 heterocycles. The van der Waals surface area contributed by atoms with E-state index in [-0.39, 0.29) is 11.4 Å². The largest absolute Gasteiger partial charge is 0.496 e. The smallest absolute Gasteiger partial charge is 0.198 e. The number of hydrogen-bond donors (Lipinski definition) is 2. The first-order chi connectivity index (χ1) is 14.9. The van der Waals surface area contributed by atoms with Crippen LogP contribution in [0.15, 0.2) is 53.8 Å². The molecule has 0 saturated heterocycles. The van der Waals surface area contributed by atoms with E-state index in [0.717, 1.165) is 5.82 Å². The van der Waals surface area contributed by atoms with Gasteiger partial charge in [-0.2, -0.15) is 0 Å². The highest BCUT2D eigenvalue weighted by Crippen LogP contribution is 2.35. The highest BCUT2D eigenvalue weighted by atomic mass is 19.1. The van der Waals surface area contributed by atoms with E-state index < -0.39 is 5.82 Å². The molecule has 0 amide bonds. The summed E-state index contributed by atoms with van der Waals surface area (Å²) in [6.45, 7) is 1.80. The first-order valence-electron chi connectivity index (χ1n) is 9.61. The maximum absolute atomic E-state index is 14.6. The zero-order valence-electron chi connectivity index (χ0n) is 17.6. The molecule has 0 saturated carbocycles. The van der Waals surface area contributed by atoms with Gasteiger partial charge < -0.3 is 19.7 Å². The van der Waals surface area contributed by atoms with Crippen molar-refractivity contribution in [2.24, 2.45) is 4.99 Å². The second kappa shape index (κ2) is 8.06. The van der Waals surface area contributed by atoms with Crippen LogP contribution in [0.3, 0.4) is 0 Å². The fraction of sp³-hybridized carbons (Fsp3) is 0.174. The van der Waals surface area contributed by atoms with Crippen LogP contribution in [-0.4, -0.2) is 47.0 Å². The molecular formula is C23H22FN5O2. The number of anilines is 1. The van der Waals surface area contributed by atoms with Gasteiger partial charge in [0, 0.05) is 19.5 Å². The predicted octanol–water partition coefficient (Wildman–Crippen LogP) is 4.68. The van der Waals surface area contributed by atoms with E-state index in [4.69, 9.17) is 4.74 Å². The minimum absolute atomic E-state index is 0.0337. The number of aromatic amines is 1. The molecule has 0 aliphatic rings. The summed E-state index contributed by atoms with van der Waals surface area (Å²) in [6.07, 6.45) is 3.22. The number of ether oxygens (including phenoxy) is 1. The summed E-state index contributed by atoms with van der Waals surface area (Å²) in [7, 11) is 5.31. The molecule has 2 N–H and O–H groups in total. The zero-order chi connectivity index (χ0) is 22.1. The summed E-state index contributed by atoms with van der Waals surface area (Å²) in [5.74, 6) is 0.727. The van der Waals surface area contributed by atoms with Gasteiger partial charge in [-0.05, 0) is 37.3 Å². The summed E-state index contributed by atoms with van der Waals surface area (Å²) < 4.78 is 19.9. The molecule has 0 aliphatic carbocycles. The summed E-state index contributed by atoms with van der Waals surface area (Å²) in [5, 5.41) is 11.2. The Morgan fingerprint density at radius 1 is 1.16 bits per heavy atom. The minimum atomic E-state index is -0.440. The monoisotopic (exact) mass is 419 g/mol. The number of H-pyrrole nitrogens is 1. The van der Waals surface area contributed by atoms with Crippen LogP contribution in [0, 0.1) is 5.82 Å². The number of halogens is 1. The Kier molecular flexibility index (Phi) is 5.29. The van der Waals surface area contributed by atoms with Gasteiger partial charge in [0.25, 0.3) is 0 Å². The fourth-order valence-corrected chi connectivity index (χ4v) is 3.46. The first kappa shape index (κ1) is 20.3. The van der Waals surface area contributed by atoms with Crippen LogP contribution in [0.25, 0.3) is 22.2 Å². The SMILES string of the molecule is COc1cccc(F)c1-c1cc2c(C(C)=Nc3ccc(N(C)C)nc3)c(O)[nH]c2cn1. The highest BCUT2D eigenvalue weighted by molar-refractivity contribution is 6.13. The van der Waals surface area contributed by atoms with Crippen molar-refractivity contribution in [1.29, 1.82) is 0 Å². The second-order valence-electron chi connectivity index (χ2n) is 7.25. The number of rotatable bonds is 5. The van der Waals surface area contributed by atoms with Crippen molar-refractivity contribution >= 4 is 28.1 Å². The summed E-state index contributed by atoms with van der Waals surface area (Å²) in [6, 6.07) is 10.1. The number of pyridine rings is 2. The fourth-order valence-electron chi connectivity index (χ4n) is 3.46. The van der Waals surface area contributed by atoms with Crippen molar-refractivity contribution < 1.29 is 14.2 Å². The van der Waals surface area contributed by atoms with Crippen LogP contribution in [0.5, 0.6) is 11.6 Å². The van der Waals surface area contributed by atoms with Gasteiger partial charge in [0.15, 0.2) is 5.88 Å². The Hall–Kier alpha value is -3.94. The molecule has 158 valence electrons. The second-order valence-corrected chi connectivity index (χ2v) is 7.25. The molecule has 4 aromatic rings. The van der Waals surface area contributed by atoms with Crippen molar-refractivity contribution in [3.8, 4) is 22.9 Å². The van der Waals surface area contributed by atoms with Gasteiger partial charge in [-0.25, -0.2) is 9.37 Å². The molecule has 8 heteroatoms. The third kappa shape index (κ3) is 3.79. The van der Waals surface area contributed by atoms with Crippen molar-refractivity contribution in [3.05, 3.63) is 60.2 Å². The standard InChI is InChI=1S/C23H22FN5O2/c1-13(27-14-8-9-20(26-11-14)29(2)3)21-15-10-17(25-12-18(15)28-23(21)30)22-16(24)6-5-7-19(22)31-4/h5-12,28,30H,1-4H3. The summed E-state index contributed by atoms with van der Waals surface area (Å²) >= 11 is 0. The predicted molar refractivity (Wildman–Crippen MR) is 120 cm³/mol. The molecule has 3 aromatic heterocycles. The number of benzene rings is 1. The quantitative estimate of drug-likeness (QED) is 0.459. The number of aromatic nitrogens is 3. The topological polar surface area (TPSA) is 86.6 Å².